The molecule has 18 heavy (non-hydrogen) atoms. The van der Waals surface area contributed by atoms with Gasteiger partial charge in [-0.2, -0.15) is 0 Å². The minimum absolute atomic E-state index is 0.0406. The van der Waals surface area contributed by atoms with E-state index < -0.39 is 6.10 Å². The Kier molecular flexibility index (Phi) is 5.50. The van der Waals surface area contributed by atoms with Crippen LogP contribution in [0.25, 0.3) is 0 Å². The number of benzene rings is 1. The molecule has 2 unspecified atom stereocenters. The van der Waals surface area contributed by atoms with Gasteiger partial charge in [-0.15, -0.1) is 11.8 Å². The van der Waals surface area contributed by atoms with Crippen molar-refractivity contribution < 1.29 is 9.90 Å². The number of carbonyl (C=O) groups is 1. The zero-order chi connectivity index (χ0) is 13.7. The van der Waals surface area contributed by atoms with Gasteiger partial charge in [0.15, 0.2) is 0 Å². The largest absolute Gasteiger partial charge is 0.398 e. The number of nitrogens with two attached hydrogens (primary N) is 1. The number of carbonyl (C=O) groups excluding carboxylic acids is 1. The summed E-state index contributed by atoms with van der Waals surface area (Å²) in [6.45, 7) is 5.53. The van der Waals surface area contributed by atoms with Crippen molar-refractivity contribution in [3.05, 3.63) is 23.8 Å². The molecule has 1 aromatic rings. The number of aliphatic hydroxyl groups excluding tert-OH is 1. The minimum atomic E-state index is -0.419. The van der Waals surface area contributed by atoms with Gasteiger partial charge in [0.1, 0.15) is 0 Å². The number of hydrogen-bond acceptors (Lipinski definition) is 4. The molecule has 0 aliphatic carbocycles. The van der Waals surface area contributed by atoms with Crippen LogP contribution in [0.1, 0.15) is 19.4 Å². The Hall–Kier alpha value is -1.20. The van der Waals surface area contributed by atoms with Crippen LogP contribution in [0.2, 0.25) is 0 Å². The van der Waals surface area contributed by atoms with E-state index in [2.05, 4.69) is 5.32 Å². The molecular weight excluding hydrogens is 248 g/mol. The first-order valence-electron chi connectivity index (χ1n) is 5.85. The quantitative estimate of drug-likeness (QED) is 0.714. The van der Waals surface area contributed by atoms with Crippen molar-refractivity contribution in [1.29, 1.82) is 0 Å². The van der Waals surface area contributed by atoms with Crippen molar-refractivity contribution in [2.45, 2.75) is 32.1 Å². The van der Waals surface area contributed by atoms with Gasteiger partial charge in [0.2, 0.25) is 5.91 Å². The van der Waals surface area contributed by atoms with Crippen LogP contribution in [-0.4, -0.2) is 28.1 Å². The number of aryl methyl sites for hydroxylation is 1. The van der Waals surface area contributed by atoms with Crippen LogP contribution in [0.15, 0.2) is 18.2 Å². The van der Waals surface area contributed by atoms with E-state index in [-0.39, 0.29) is 11.2 Å². The fourth-order valence-corrected chi connectivity index (χ4v) is 2.03. The Morgan fingerprint density at radius 1 is 1.50 bits per heavy atom. The summed E-state index contributed by atoms with van der Waals surface area (Å²) in [5.41, 5.74) is 8.13. The van der Waals surface area contributed by atoms with Crippen molar-refractivity contribution in [2.24, 2.45) is 0 Å². The number of thioether (sulfide) groups is 1. The Bertz CT molecular complexity index is 421. The van der Waals surface area contributed by atoms with Crippen molar-refractivity contribution in [1.82, 2.24) is 0 Å². The van der Waals surface area contributed by atoms with E-state index in [1.807, 2.05) is 26.0 Å². The monoisotopic (exact) mass is 268 g/mol. The standard InChI is InChI=1S/C13H20N2O2S/c1-8-4-5-11(6-12(8)14)15-13(17)7-18-10(3)9(2)16/h4-6,9-10,16H,7,14H2,1-3H3,(H,15,17). The van der Waals surface area contributed by atoms with Crippen LogP contribution in [0.5, 0.6) is 0 Å². The first kappa shape index (κ1) is 14.9. The lowest BCUT2D eigenvalue weighted by molar-refractivity contribution is -0.113. The van der Waals surface area contributed by atoms with Crippen LogP contribution in [-0.2, 0) is 4.79 Å². The molecule has 1 rings (SSSR count). The molecule has 1 aromatic carbocycles. The smallest absolute Gasteiger partial charge is 0.234 e. The topological polar surface area (TPSA) is 75.3 Å². The van der Waals surface area contributed by atoms with Gasteiger partial charge in [0.25, 0.3) is 0 Å². The molecule has 0 fully saturated rings. The van der Waals surface area contributed by atoms with Gasteiger partial charge in [0.05, 0.1) is 11.9 Å². The Balaban J connectivity index is 2.47. The summed E-state index contributed by atoms with van der Waals surface area (Å²) in [5, 5.41) is 12.1. The molecule has 0 bridgehead atoms. The summed E-state index contributed by atoms with van der Waals surface area (Å²) in [6, 6.07) is 5.44. The molecule has 0 aliphatic heterocycles. The number of nitrogen functional groups attached to an aromatic ring is 1. The zero-order valence-electron chi connectivity index (χ0n) is 10.9. The summed E-state index contributed by atoms with van der Waals surface area (Å²) >= 11 is 1.43. The van der Waals surface area contributed by atoms with Crippen LogP contribution >= 0.6 is 11.8 Å². The van der Waals surface area contributed by atoms with Gasteiger partial charge in [-0.1, -0.05) is 13.0 Å². The molecule has 0 saturated heterocycles. The van der Waals surface area contributed by atoms with Gasteiger partial charge in [-0.3, -0.25) is 4.79 Å². The molecule has 0 spiro atoms. The predicted octanol–water partition coefficient (Wildman–Crippen LogP) is 2.02. The SMILES string of the molecule is Cc1ccc(NC(=O)CSC(C)C(C)O)cc1N. The van der Waals surface area contributed by atoms with Crippen LogP contribution < -0.4 is 11.1 Å². The highest BCUT2D eigenvalue weighted by Gasteiger charge is 2.11. The first-order valence-corrected chi connectivity index (χ1v) is 6.90. The van der Waals surface area contributed by atoms with E-state index in [0.717, 1.165) is 5.56 Å². The highest BCUT2D eigenvalue weighted by atomic mass is 32.2. The van der Waals surface area contributed by atoms with E-state index >= 15 is 0 Å². The lowest BCUT2D eigenvalue weighted by Gasteiger charge is -2.14. The third kappa shape index (κ3) is 4.58. The van der Waals surface area contributed by atoms with Crippen molar-refractivity contribution >= 4 is 29.0 Å². The molecule has 0 saturated carbocycles. The second kappa shape index (κ2) is 6.66. The molecule has 2 atom stereocenters. The third-order valence-electron chi connectivity index (χ3n) is 2.72. The average molecular weight is 268 g/mol. The summed E-state index contributed by atoms with van der Waals surface area (Å²) in [5.74, 6) is 0.232. The van der Waals surface area contributed by atoms with E-state index in [1.165, 1.54) is 11.8 Å². The molecular formula is C13H20N2O2S. The Labute approximate surface area is 112 Å². The number of hydrogen-bond donors (Lipinski definition) is 3. The van der Waals surface area contributed by atoms with E-state index in [1.54, 1.807) is 13.0 Å². The first-order chi connectivity index (χ1) is 8.40. The molecule has 0 aliphatic rings. The van der Waals surface area contributed by atoms with Crippen molar-refractivity contribution in [2.75, 3.05) is 16.8 Å². The minimum Gasteiger partial charge on any atom is -0.398 e. The van der Waals surface area contributed by atoms with Crippen molar-refractivity contribution in [3.8, 4) is 0 Å². The van der Waals surface area contributed by atoms with Crippen LogP contribution in [0.4, 0.5) is 11.4 Å². The molecule has 4 nitrogen and oxygen atoms in total. The predicted molar refractivity (Wildman–Crippen MR) is 77.8 cm³/mol. The number of amides is 1. The summed E-state index contributed by atoms with van der Waals surface area (Å²) in [7, 11) is 0. The number of rotatable bonds is 5. The lowest BCUT2D eigenvalue weighted by Crippen LogP contribution is -2.20. The van der Waals surface area contributed by atoms with E-state index in [0.29, 0.717) is 17.1 Å². The maximum atomic E-state index is 11.7. The lowest BCUT2D eigenvalue weighted by atomic mass is 10.2. The molecule has 1 amide bonds. The molecule has 5 heteroatoms. The Morgan fingerprint density at radius 3 is 2.72 bits per heavy atom. The maximum absolute atomic E-state index is 11.7. The van der Waals surface area contributed by atoms with Gasteiger partial charge in [-0.25, -0.2) is 0 Å². The van der Waals surface area contributed by atoms with Crippen LogP contribution in [0, 0.1) is 6.92 Å². The number of aliphatic hydroxyl groups is 1. The second-order valence-electron chi connectivity index (χ2n) is 4.38. The average Bonchev–Trinajstić information content (AvgIpc) is 2.30. The highest BCUT2D eigenvalue weighted by Crippen LogP contribution is 2.18. The van der Waals surface area contributed by atoms with Crippen LogP contribution in [0.3, 0.4) is 0 Å². The van der Waals surface area contributed by atoms with Gasteiger partial charge in [0, 0.05) is 16.6 Å². The Morgan fingerprint density at radius 2 is 2.17 bits per heavy atom. The normalized spacial score (nSPS) is 14.0. The second-order valence-corrected chi connectivity index (χ2v) is 5.74. The molecule has 0 heterocycles. The molecule has 0 radical (unpaired) electrons. The number of nitrogens with one attached hydrogen (secondary N) is 1. The third-order valence-corrected chi connectivity index (χ3v) is 4.07. The fourth-order valence-electron chi connectivity index (χ4n) is 1.26. The van der Waals surface area contributed by atoms with Crippen molar-refractivity contribution in [3.63, 3.8) is 0 Å². The van der Waals surface area contributed by atoms with Gasteiger partial charge < -0.3 is 16.2 Å². The fraction of sp³-hybridized carbons (Fsp3) is 0.462. The van der Waals surface area contributed by atoms with E-state index in [4.69, 9.17) is 5.73 Å². The summed E-state index contributed by atoms with van der Waals surface area (Å²) in [6.07, 6.45) is -0.419. The van der Waals surface area contributed by atoms with Gasteiger partial charge in [-0.05, 0) is 31.5 Å². The van der Waals surface area contributed by atoms with E-state index in [9.17, 15) is 9.90 Å². The summed E-state index contributed by atoms with van der Waals surface area (Å²) < 4.78 is 0. The maximum Gasteiger partial charge on any atom is 0.234 e. The molecule has 100 valence electrons. The van der Waals surface area contributed by atoms with Gasteiger partial charge >= 0.3 is 0 Å². The molecule has 4 N–H and O–H groups in total. The molecule has 0 aromatic heterocycles. The summed E-state index contributed by atoms with van der Waals surface area (Å²) in [4.78, 5) is 11.7. The zero-order valence-corrected chi connectivity index (χ0v) is 11.8. The number of anilines is 2. The highest BCUT2D eigenvalue weighted by molar-refractivity contribution is 8.00.